The molecule has 0 saturated heterocycles. The molecule has 0 N–H and O–H groups in total. The molecule has 0 fully saturated rings. The molecule has 1 heterocycles. The number of fused-ring (bicyclic) bond motifs is 1. The fourth-order valence-electron chi connectivity index (χ4n) is 2.31. The zero-order chi connectivity index (χ0) is 14.3. The van der Waals surface area contributed by atoms with Gasteiger partial charge in [0.1, 0.15) is 5.52 Å². The Hall–Kier alpha value is -2.33. The van der Waals surface area contributed by atoms with E-state index in [-0.39, 0.29) is 0 Å². The second-order valence-electron chi connectivity index (χ2n) is 4.52. The predicted octanol–water partition coefficient (Wildman–Crippen LogP) is 3.53. The van der Waals surface area contributed by atoms with Gasteiger partial charge in [-0.25, -0.2) is 0 Å². The van der Waals surface area contributed by atoms with Crippen LogP contribution in [0.3, 0.4) is 0 Å². The van der Waals surface area contributed by atoms with Gasteiger partial charge < -0.3 is 9.94 Å². The molecule has 0 radical (unpaired) electrons. The van der Waals surface area contributed by atoms with Gasteiger partial charge in [0.25, 0.3) is 11.2 Å². The van der Waals surface area contributed by atoms with Crippen LogP contribution in [-0.4, -0.2) is 4.73 Å². The normalized spacial score (nSPS) is 10.9. The van der Waals surface area contributed by atoms with E-state index in [1.807, 2.05) is 0 Å². The molecule has 0 amide bonds. The number of para-hydroxylation sites is 2. The van der Waals surface area contributed by atoms with Crippen molar-refractivity contribution in [2.24, 2.45) is 0 Å². The average molecular weight is 287 g/mol. The van der Waals surface area contributed by atoms with Crippen LogP contribution in [0.5, 0.6) is 0 Å². The Balaban J connectivity index is 2.46. The largest absolute Gasteiger partial charge is 0.805 e. The summed E-state index contributed by atoms with van der Waals surface area (Å²) < 4.78 is 1.56. The Kier molecular flexibility index (Phi) is 2.95. The molecule has 0 bridgehead atoms. The van der Waals surface area contributed by atoms with E-state index in [1.165, 1.54) is 0 Å². The molecule has 3 rings (SSSR count). The Morgan fingerprint density at radius 1 is 1.15 bits per heavy atom. The summed E-state index contributed by atoms with van der Waals surface area (Å²) in [5.41, 5.74) is 1.98. The summed E-state index contributed by atoms with van der Waals surface area (Å²) in [5, 5.41) is 12.8. The van der Waals surface area contributed by atoms with E-state index < -0.39 is 0 Å². The van der Waals surface area contributed by atoms with E-state index in [4.69, 9.17) is 11.6 Å². The Bertz CT molecular complexity index is 871. The van der Waals surface area contributed by atoms with Crippen molar-refractivity contribution in [2.75, 3.05) is 0 Å². The molecule has 0 aliphatic heterocycles. The molecule has 0 atom stereocenters. The van der Waals surface area contributed by atoms with Crippen LogP contribution in [0.25, 0.3) is 22.3 Å². The number of hydrogen-bond donors (Lipinski definition) is 0. The molecule has 0 saturated carbocycles. The van der Waals surface area contributed by atoms with Gasteiger partial charge in [-0.05, 0) is 31.2 Å². The summed E-state index contributed by atoms with van der Waals surface area (Å²) in [6.07, 6.45) is 0. The average Bonchev–Trinajstić information content (AvgIpc) is 2.45. The third-order valence-corrected chi connectivity index (χ3v) is 3.50. The Morgan fingerprint density at radius 2 is 1.90 bits per heavy atom. The second-order valence-corrected chi connectivity index (χ2v) is 4.96. The highest BCUT2D eigenvalue weighted by atomic mass is 35.5. The van der Waals surface area contributed by atoms with Gasteiger partial charge in [-0.1, -0.05) is 29.8 Å². The minimum absolute atomic E-state index is 0.321. The van der Waals surface area contributed by atoms with Crippen LogP contribution in [0.4, 0.5) is 0 Å². The first kappa shape index (κ1) is 12.7. The molecule has 0 spiro atoms. The third-order valence-electron chi connectivity index (χ3n) is 3.27. The predicted molar refractivity (Wildman–Crippen MR) is 79.3 cm³/mol. The van der Waals surface area contributed by atoms with Crippen LogP contribution in [0.15, 0.2) is 48.5 Å². The molecule has 2 aromatic carbocycles. The smallest absolute Gasteiger partial charge is 0.289 e. The lowest BCUT2D eigenvalue weighted by Crippen LogP contribution is -2.23. The van der Waals surface area contributed by atoms with Crippen molar-refractivity contribution in [1.29, 1.82) is 0 Å². The van der Waals surface area contributed by atoms with Crippen molar-refractivity contribution in [3.8, 4) is 11.3 Å². The van der Waals surface area contributed by atoms with Gasteiger partial charge >= 0.3 is 0 Å². The van der Waals surface area contributed by atoms with E-state index in [1.54, 1.807) is 55.5 Å². The summed E-state index contributed by atoms with van der Waals surface area (Å²) in [4.78, 5) is 12.5. The first-order valence-electron chi connectivity index (χ1n) is 6.10. The van der Waals surface area contributed by atoms with Crippen LogP contribution in [0.2, 0.25) is 5.02 Å². The molecule has 5 heteroatoms. The quantitative estimate of drug-likeness (QED) is 0.643. The summed E-state index contributed by atoms with van der Waals surface area (Å²) in [7, 11) is 0. The number of nitrogens with zero attached hydrogens (tertiary/aromatic N) is 2. The lowest BCUT2D eigenvalue weighted by Gasteiger charge is -2.16. The molecule has 0 aliphatic carbocycles. The standard InChI is InChI=1S/C15H11ClN2O2/c1-10-15(11-5-4-6-12(16)9-11)18(20)14-8-3-2-7-13(14)17(10)19/h2-9H,1H3. The summed E-state index contributed by atoms with van der Waals surface area (Å²) in [6.45, 7) is 1.63. The van der Waals surface area contributed by atoms with Gasteiger partial charge in [-0.2, -0.15) is 0 Å². The number of hydrogen-bond acceptors (Lipinski definition) is 2. The SMILES string of the molecule is Cc1c(-c2cccc(Cl)c2)[n+](=O)c2ccccc2n1[O-]. The number of halogens is 1. The summed E-state index contributed by atoms with van der Waals surface area (Å²) >= 11 is 5.96. The maximum absolute atomic E-state index is 12.5. The Labute approximate surface area is 120 Å². The highest BCUT2D eigenvalue weighted by Crippen LogP contribution is 2.24. The van der Waals surface area contributed by atoms with E-state index >= 15 is 0 Å². The van der Waals surface area contributed by atoms with Crippen molar-refractivity contribution in [2.45, 2.75) is 6.92 Å². The maximum atomic E-state index is 12.5. The zero-order valence-corrected chi connectivity index (χ0v) is 11.5. The van der Waals surface area contributed by atoms with Crippen molar-refractivity contribution in [1.82, 2.24) is 4.73 Å². The summed E-state index contributed by atoms with van der Waals surface area (Å²) in [6, 6.07) is 13.6. The van der Waals surface area contributed by atoms with E-state index in [0.717, 1.165) is 9.16 Å². The van der Waals surface area contributed by atoms with Gasteiger partial charge in [-0.15, -0.1) is 0 Å². The molecule has 100 valence electrons. The van der Waals surface area contributed by atoms with E-state index in [9.17, 15) is 10.1 Å². The topological polar surface area (TPSA) is 51.0 Å². The second kappa shape index (κ2) is 4.65. The van der Waals surface area contributed by atoms with E-state index in [0.29, 0.717) is 33.0 Å². The van der Waals surface area contributed by atoms with Gasteiger partial charge in [0.2, 0.25) is 0 Å². The molecule has 0 unspecified atom stereocenters. The molecule has 4 nitrogen and oxygen atoms in total. The van der Waals surface area contributed by atoms with Crippen LogP contribution in [-0.2, 0) is 0 Å². The highest BCUT2D eigenvalue weighted by Gasteiger charge is 2.21. The van der Waals surface area contributed by atoms with Gasteiger partial charge in [0, 0.05) is 16.0 Å². The van der Waals surface area contributed by atoms with E-state index in [2.05, 4.69) is 0 Å². The van der Waals surface area contributed by atoms with Crippen LogP contribution < -0.4 is 4.43 Å². The molecule has 0 aliphatic rings. The Morgan fingerprint density at radius 3 is 2.65 bits per heavy atom. The fourth-order valence-corrected chi connectivity index (χ4v) is 2.50. The number of aromatic nitrogens is 2. The summed E-state index contributed by atoms with van der Waals surface area (Å²) in [5.74, 6) is 0. The van der Waals surface area contributed by atoms with Crippen molar-refractivity contribution >= 4 is 22.6 Å². The number of benzene rings is 2. The van der Waals surface area contributed by atoms with Crippen molar-refractivity contribution in [3.63, 3.8) is 0 Å². The van der Waals surface area contributed by atoms with Crippen LogP contribution in [0.1, 0.15) is 5.69 Å². The van der Waals surface area contributed by atoms with Crippen LogP contribution in [0, 0.1) is 17.0 Å². The lowest BCUT2D eigenvalue weighted by atomic mass is 10.1. The molecule has 1 aromatic heterocycles. The minimum Gasteiger partial charge on any atom is -0.805 e. The minimum atomic E-state index is 0.321. The maximum Gasteiger partial charge on any atom is 0.289 e. The molecule has 20 heavy (non-hydrogen) atoms. The molecular formula is C15H11ClN2O2. The van der Waals surface area contributed by atoms with Gasteiger partial charge in [0.15, 0.2) is 0 Å². The van der Waals surface area contributed by atoms with Crippen molar-refractivity contribution in [3.05, 3.63) is 69.4 Å². The van der Waals surface area contributed by atoms with Crippen LogP contribution >= 0.6 is 11.6 Å². The lowest BCUT2D eigenvalue weighted by molar-refractivity contribution is -0.452. The van der Waals surface area contributed by atoms with Crippen molar-refractivity contribution < 1.29 is 4.43 Å². The first-order chi connectivity index (χ1) is 9.59. The highest BCUT2D eigenvalue weighted by molar-refractivity contribution is 6.30. The van der Waals surface area contributed by atoms with Gasteiger partial charge in [0.05, 0.1) is 15.7 Å². The fraction of sp³-hybridized carbons (Fsp3) is 0.0667. The van der Waals surface area contributed by atoms with Gasteiger partial charge in [-0.3, -0.25) is 0 Å². The monoisotopic (exact) mass is 286 g/mol. The number of rotatable bonds is 1. The first-order valence-corrected chi connectivity index (χ1v) is 6.48. The molecular weight excluding hydrogens is 276 g/mol. The third kappa shape index (κ3) is 1.85. The molecule has 3 aromatic rings. The zero-order valence-electron chi connectivity index (χ0n) is 10.7.